The van der Waals surface area contributed by atoms with E-state index in [-0.39, 0.29) is 0 Å². The van der Waals surface area contributed by atoms with Crippen molar-refractivity contribution in [1.29, 1.82) is 0 Å². The molecular formula is C19H41NO. The molecule has 21 heavy (non-hydrogen) atoms. The highest BCUT2D eigenvalue weighted by atomic mass is 16.5. The van der Waals surface area contributed by atoms with Gasteiger partial charge in [0.15, 0.2) is 0 Å². The van der Waals surface area contributed by atoms with E-state index < -0.39 is 0 Å². The molecule has 0 amide bonds. The molecule has 0 heterocycles. The van der Waals surface area contributed by atoms with Gasteiger partial charge in [-0.3, -0.25) is 0 Å². The molecule has 1 N–H and O–H groups in total. The van der Waals surface area contributed by atoms with Gasteiger partial charge >= 0.3 is 0 Å². The molecule has 0 rings (SSSR count). The van der Waals surface area contributed by atoms with Crippen molar-refractivity contribution >= 4 is 0 Å². The normalized spacial score (nSPS) is 13.0. The number of rotatable bonds is 16. The zero-order valence-electron chi connectivity index (χ0n) is 15.3. The van der Waals surface area contributed by atoms with Crippen LogP contribution >= 0.6 is 0 Å². The van der Waals surface area contributed by atoms with Crippen molar-refractivity contribution in [2.24, 2.45) is 0 Å². The number of hydrogen-bond acceptors (Lipinski definition) is 2. The minimum atomic E-state index is 0.346. The third-order valence-corrected chi connectivity index (χ3v) is 3.97. The van der Waals surface area contributed by atoms with Gasteiger partial charge < -0.3 is 10.1 Å². The Hall–Kier alpha value is -0.0800. The van der Waals surface area contributed by atoms with E-state index >= 15 is 0 Å². The molecule has 128 valence electrons. The van der Waals surface area contributed by atoms with Crippen LogP contribution in [0.3, 0.4) is 0 Å². The quantitative estimate of drug-likeness (QED) is 0.369. The molecule has 0 aromatic carbocycles. The number of ether oxygens (including phenoxy) is 1. The molecular weight excluding hydrogens is 258 g/mol. The van der Waals surface area contributed by atoms with Gasteiger partial charge in [-0.2, -0.15) is 0 Å². The lowest BCUT2D eigenvalue weighted by molar-refractivity contribution is 0.0590. The number of nitrogens with one attached hydrogen (secondary N) is 1. The van der Waals surface area contributed by atoms with Crippen LogP contribution in [0, 0.1) is 0 Å². The minimum absolute atomic E-state index is 0.346. The first-order valence-corrected chi connectivity index (χ1v) is 9.55. The summed E-state index contributed by atoms with van der Waals surface area (Å²) in [6, 6.07) is 0.553. The number of unbranched alkanes of at least 4 members (excludes halogenated alkanes) is 8. The molecule has 0 saturated heterocycles. The second-order valence-corrected chi connectivity index (χ2v) is 6.65. The topological polar surface area (TPSA) is 21.3 Å². The van der Waals surface area contributed by atoms with Crippen molar-refractivity contribution in [3.8, 4) is 0 Å². The van der Waals surface area contributed by atoms with E-state index in [1.54, 1.807) is 0 Å². The van der Waals surface area contributed by atoms with E-state index in [4.69, 9.17) is 4.74 Å². The van der Waals surface area contributed by atoms with Gasteiger partial charge in [-0.05, 0) is 33.2 Å². The standard InChI is InChI=1S/C19H41NO/c1-5-7-8-9-10-11-12-13-14-15-19(20-16-6-2)17-21-18(3)4/h18-20H,5-17H2,1-4H3. The van der Waals surface area contributed by atoms with Gasteiger partial charge in [0.25, 0.3) is 0 Å². The average molecular weight is 300 g/mol. The van der Waals surface area contributed by atoms with Gasteiger partial charge in [-0.1, -0.05) is 71.6 Å². The van der Waals surface area contributed by atoms with Crippen LogP contribution in [-0.2, 0) is 4.74 Å². The fourth-order valence-corrected chi connectivity index (χ4v) is 2.60. The second kappa shape index (κ2) is 16.3. The molecule has 0 aliphatic carbocycles. The first-order chi connectivity index (χ1) is 10.2. The molecule has 0 aliphatic rings. The van der Waals surface area contributed by atoms with Crippen LogP contribution in [0.25, 0.3) is 0 Å². The van der Waals surface area contributed by atoms with Crippen molar-refractivity contribution in [2.45, 2.75) is 110 Å². The van der Waals surface area contributed by atoms with Crippen LogP contribution in [0.1, 0.15) is 98.3 Å². The Labute approximate surface area is 134 Å². The molecule has 2 heteroatoms. The number of hydrogen-bond donors (Lipinski definition) is 1. The van der Waals surface area contributed by atoms with Crippen molar-refractivity contribution in [1.82, 2.24) is 5.32 Å². The first-order valence-electron chi connectivity index (χ1n) is 9.55. The summed E-state index contributed by atoms with van der Waals surface area (Å²) in [4.78, 5) is 0. The van der Waals surface area contributed by atoms with Crippen molar-refractivity contribution in [3.63, 3.8) is 0 Å². The molecule has 0 aromatic heterocycles. The molecule has 0 fully saturated rings. The van der Waals surface area contributed by atoms with E-state index in [1.807, 2.05) is 0 Å². The SMILES string of the molecule is CCCCCCCCCCCC(COC(C)C)NCCC. The van der Waals surface area contributed by atoms with E-state index in [9.17, 15) is 0 Å². The highest BCUT2D eigenvalue weighted by Crippen LogP contribution is 2.11. The van der Waals surface area contributed by atoms with Crippen LogP contribution in [0.15, 0.2) is 0 Å². The lowest BCUT2D eigenvalue weighted by Gasteiger charge is -2.20. The molecule has 1 atom stereocenters. The summed E-state index contributed by atoms with van der Waals surface area (Å²) in [7, 11) is 0. The van der Waals surface area contributed by atoms with E-state index in [2.05, 4.69) is 33.0 Å². The summed E-state index contributed by atoms with van der Waals surface area (Å²) >= 11 is 0. The lowest BCUT2D eigenvalue weighted by Crippen LogP contribution is -2.34. The molecule has 1 unspecified atom stereocenters. The van der Waals surface area contributed by atoms with Crippen molar-refractivity contribution in [2.75, 3.05) is 13.2 Å². The summed E-state index contributed by atoms with van der Waals surface area (Å²) in [6.07, 6.45) is 15.5. The average Bonchev–Trinajstić information content (AvgIpc) is 2.47. The predicted octanol–water partition coefficient (Wildman–Crippen LogP) is 5.70. The van der Waals surface area contributed by atoms with Crippen LogP contribution < -0.4 is 5.32 Å². The molecule has 0 spiro atoms. The fraction of sp³-hybridized carbons (Fsp3) is 1.00. The molecule has 0 saturated carbocycles. The van der Waals surface area contributed by atoms with Gasteiger partial charge in [0.1, 0.15) is 0 Å². The zero-order valence-corrected chi connectivity index (χ0v) is 15.3. The van der Waals surface area contributed by atoms with Gasteiger partial charge in [-0.25, -0.2) is 0 Å². The summed E-state index contributed by atoms with van der Waals surface area (Å²) in [5.41, 5.74) is 0. The third kappa shape index (κ3) is 16.1. The van der Waals surface area contributed by atoms with Crippen molar-refractivity contribution < 1.29 is 4.74 Å². The highest BCUT2D eigenvalue weighted by molar-refractivity contribution is 4.66. The van der Waals surface area contributed by atoms with Gasteiger partial charge in [0.05, 0.1) is 12.7 Å². The Bertz CT molecular complexity index is 194. The van der Waals surface area contributed by atoms with Gasteiger partial charge in [-0.15, -0.1) is 0 Å². The molecule has 0 aromatic rings. The molecule has 0 radical (unpaired) electrons. The molecule has 2 nitrogen and oxygen atoms in total. The molecule has 0 aliphatic heterocycles. The van der Waals surface area contributed by atoms with Gasteiger partial charge in [0.2, 0.25) is 0 Å². The third-order valence-electron chi connectivity index (χ3n) is 3.97. The maximum Gasteiger partial charge on any atom is 0.0623 e. The summed E-state index contributed by atoms with van der Waals surface area (Å²) in [5.74, 6) is 0. The Morgan fingerprint density at radius 1 is 0.762 bits per heavy atom. The Kier molecular flexibility index (Phi) is 16.2. The maximum absolute atomic E-state index is 5.77. The maximum atomic E-state index is 5.77. The fourth-order valence-electron chi connectivity index (χ4n) is 2.60. The highest BCUT2D eigenvalue weighted by Gasteiger charge is 2.08. The van der Waals surface area contributed by atoms with Crippen LogP contribution in [0.4, 0.5) is 0 Å². The predicted molar refractivity (Wildman–Crippen MR) is 95.0 cm³/mol. The zero-order chi connectivity index (χ0) is 15.8. The van der Waals surface area contributed by atoms with E-state index in [0.717, 1.165) is 13.2 Å². The minimum Gasteiger partial charge on any atom is -0.377 e. The largest absolute Gasteiger partial charge is 0.377 e. The Morgan fingerprint density at radius 3 is 1.86 bits per heavy atom. The Morgan fingerprint density at radius 2 is 1.33 bits per heavy atom. The smallest absolute Gasteiger partial charge is 0.0623 e. The summed E-state index contributed by atoms with van der Waals surface area (Å²) in [5, 5.41) is 3.63. The Balaban J connectivity index is 3.48. The van der Waals surface area contributed by atoms with E-state index in [1.165, 1.54) is 70.6 Å². The summed E-state index contributed by atoms with van der Waals surface area (Å²) < 4.78 is 5.77. The lowest BCUT2D eigenvalue weighted by atomic mass is 10.0. The van der Waals surface area contributed by atoms with Crippen LogP contribution in [-0.4, -0.2) is 25.3 Å². The summed E-state index contributed by atoms with van der Waals surface area (Å²) in [6.45, 7) is 10.7. The van der Waals surface area contributed by atoms with Crippen LogP contribution in [0.5, 0.6) is 0 Å². The second-order valence-electron chi connectivity index (χ2n) is 6.65. The first kappa shape index (κ1) is 20.9. The monoisotopic (exact) mass is 299 g/mol. The molecule has 0 bridgehead atoms. The van der Waals surface area contributed by atoms with E-state index in [0.29, 0.717) is 12.1 Å². The van der Waals surface area contributed by atoms with Crippen molar-refractivity contribution in [3.05, 3.63) is 0 Å². The van der Waals surface area contributed by atoms with Crippen LogP contribution in [0.2, 0.25) is 0 Å². The van der Waals surface area contributed by atoms with Gasteiger partial charge in [0, 0.05) is 6.04 Å².